The molecule has 17 heavy (non-hydrogen) atoms. The van der Waals surface area contributed by atoms with Crippen LogP contribution in [0.5, 0.6) is 0 Å². The van der Waals surface area contributed by atoms with Gasteiger partial charge in [-0.15, -0.1) is 0 Å². The van der Waals surface area contributed by atoms with Crippen LogP contribution in [0.3, 0.4) is 0 Å². The number of nitrogens with zero attached hydrogens (tertiary/aromatic N) is 3. The topological polar surface area (TPSA) is 85.3 Å². The fourth-order valence-corrected chi connectivity index (χ4v) is 2.16. The van der Waals surface area contributed by atoms with Crippen molar-refractivity contribution in [2.45, 2.75) is 12.8 Å². The average Bonchev–Trinajstić information content (AvgIpc) is 2.39. The van der Waals surface area contributed by atoms with Gasteiger partial charge in [-0.25, -0.2) is 4.98 Å². The van der Waals surface area contributed by atoms with E-state index < -0.39 is 0 Å². The van der Waals surface area contributed by atoms with Gasteiger partial charge in [0.15, 0.2) is 0 Å². The minimum Gasteiger partial charge on any atom is -0.351 e. The molecule has 0 aliphatic carbocycles. The molecule has 1 fully saturated rings. The molecular weight excluding hydrogens is 220 g/mol. The third-order valence-electron chi connectivity index (χ3n) is 3.21. The SMILES string of the molecule is NCC1CCN(c2ncccc2[N+](=O)[O-])CC1. The van der Waals surface area contributed by atoms with E-state index in [1.54, 1.807) is 12.3 Å². The molecule has 0 bridgehead atoms. The first-order valence-corrected chi connectivity index (χ1v) is 5.76. The Kier molecular flexibility index (Phi) is 3.53. The Hall–Kier alpha value is -1.69. The minimum absolute atomic E-state index is 0.0821. The van der Waals surface area contributed by atoms with Crippen LogP contribution in [0.4, 0.5) is 11.5 Å². The summed E-state index contributed by atoms with van der Waals surface area (Å²) in [6.07, 6.45) is 3.55. The lowest BCUT2D eigenvalue weighted by molar-refractivity contribution is -0.384. The Labute approximate surface area is 99.6 Å². The van der Waals surface area contributed by atoms with E-state index >= 15 is 0 Å². The summed E-state index contributed by atoms with van der Waals surface area (Å²) in [5, 5.41) is 10.9. The first-order chi connectivity index (χ1) is 8.22. The molecule has 2 heterocycles. The zero-order valence-corrected chi connectivity index (χ0v) is 9.58. The lowest BCUT2D eigenvalue weighted by Gasteiger charge is -2.31. The van der Waals surface area contributed by atoms with E-state index in [0.29, 0.717) is 18.3 Å². The van der Waals surface area contributed by atoms with Gasteiger partial charge in [0, 0.05) is 25.4 Å². The molecule has 6 nitrogen and oxygen atoms in total. The maximum atomic E-state index is 10.9. The molecule has 2 rings (SSSR count). The second-order valence-electron chi connectivity index (χ2n) is 4.27. The van der Waals surface area contributed by atoms with E-state index in [2.05, 4.69) is 4.98 Å². The fourth-order valence-electron chi connectivity index (χ4n) is 2.16. The molecule has 0 unspecified atom stereocenters. The minimum atomic E-state index is -0.378. The number of nitrogens with two attached hydrogens (primary N) is 1. The van der Waals surface area contributed by atoms with Crippen molar-refractivity contribution in [1.29, 1.82) is 0 Å². The number of rotatable bonds is 3. The van der Waals surface area contributed by atoms with Crippen molar-refractivity contribution < 1.29 is 4.92 Å². The van der Waals surface area contributed by atoms with Gasteiger partial charge >= 0.3 is 5.69 Å². The van der Waals surface area contributed by atoms with Crippen LogP contribution in [0.15, 0.2) is 18.3 Å². The summed E-state index contributed by atoms with van der Waals surface area (Å²) in [5.41, 5.74) is 5.71. The number of hydrogen-bond acceptors (Lipinski definition) is 5. The van der Waals surface area contributed by atoms with Crippen LogP contribution >= 0.6 is 0 Å². The summed E-state index contributed by atoms with van der Waals surface area (Å²) >= 11 is 0. The summed E-state index contributed by atoms with van der Waals surface area (Å²) in [6, 6.07) is 3.09. The summed E-state index contributed by atoms with van der Waals surface area (Å²) in [6.45, 7) is 2.28. The smallest absolute Gasteiger partial charge is 0.311 e. The van der Waals surface area contributed by atoms with Crippen LogP contribution < -0.4 is 10.6 Å². The fraction of sp³-hybridized carbons (Fsp3) is 0.545. The van der Waals surface area contributed by atoms with Crippen molar-refractivity contribution in [3.63, 3.8) is 0 Å². The maximum Gasteiger partial charge on any atom is 0.311 e. The Bertz CT molecular complexity index is 402. The van der Waals surface area contributed by atoms with E-state index in [4.69, 9.17) is 5.73 Å². The number of hydrogen-bond donors (Lipinski definition) is 1. The van der Waals surface area contributed by atoms with Gasteiger partial charge in [0.25, 0.3) is 0 Å². The molecule has 0 aromatic carbocycles. The van der Waals surface area contributed by atoms with Gasteiger partial charge in [-0.1, -0.05) is 0 Å². The molecule has 1 aromatic heterocycles. The lowest BCUT2D eigenvalue weighted by atomic mass is 9.97. The van der Waals surface area contributed by atoms with E-state index in [9.17, 15) is 10.1 Å². The molecule has 2 N–H and O–H groups in total. The van der Waals surface area contributed by atoms with E-state index in [-0.39, 0.29) is 10.6 Å². The molecule has 1 saturated heterocycles. The molecule has 0 atom stereocenters. The zero-order chi connectivity index (χ0) is 12.3. The van der Waals surface area contributed by atoms with Crippen molar-refractivity contribution in [1.82, 2.24) is 4.98 Å². The van der Waals surface area contributed by atoms with Crippen LogP contribution in [0.25, 0.3) is 0 Å². The van der Waals surface area contributed by atoms with Gasteiger partial charge in [0.05, 0.1) is 4.92 Å². The standard InChI is InChI=1S/C11H16N4O2/c12-8-9-3-6-14(7-4-9)11-10(15(16)17)2-1-5-13-11/h1-2,5,9H,3-4,6-8,12H2. The molecule has 1 aliphatic heterocycles. The maximum absolute atomic E-state index is 10.9. The summed E-state index contributed by atoms with van der Waals surface area (Å²) in [4.78, 5) is 16.6. The molecule has 0 radical (unpaired) electrons. The Morgan fingerprint density at radius 1 is 1.53 bits per heavy atom. The predicted molar refractivity (Wildman–Crippen MR) is 64.9 cm³/mol. The first kappa shape index (κ1) is 11.8. The van der Waals surface area contributed by atoms with Crippen LogP contribution in [0, 0.1) is 16.0 Å². The van der Waals surface area contributed by atoms with Gasteiger partial charge in [-0.05, 0) is 31.4 Å². The Morgan fingerprint density at radius 3 is 2.82 bits per heavy atom. The number of nitro groups is 1. The highest BCUT2D eigenvalue weighted by Gasteiger charge is 2.24. The zero-order valence-electron chi connectivity index (χ0n) is 9.58. The number of anilines is 1. The highest BCUT2D eigenvalue weighted by atomic mass is 16.6. The molecule has 6 heteroatoms. The Balaban J connectivity index is 2.15. The molecule has 0 spiro atoms. The van der Waals surface area contributed by atoms with Gasteiger partial charge in [0.1, 0.15) is 0 Å². The third-order valence-corrected chi connectivity index (χ3v) is 3.21. The molecule has 0 saturated carbocycles. The van der Waals surface area contributed by atoms with E-state index in [0.717, 1.165) is 25.9 Å². The van der Waals surface area contributed by atoms with Gasteiger partial charge in [0.2, 0.25) is 5.82 Å². The van der Waals surface area contributed by atoms with Gasteiger partial charge < -0.3 is 10.6 Å². The Morgan fingerprint density at radius 2 is 2.24 bits per heavy atom. The van der Waals surface area contributed by atoms with Crippen molar-refractivity contribution in [2.75, 3.05) is 24.5 Å². The molecule has 1 aliphatic rings. The third kappa shape index (κ3) is 2.52. The van der Waals surface area contributed by atoms with Crippen LogP contribution in [0.1, 0.15) is 12.8 Å². The molecule has 92 valence electrons. The summed E-state index contributed by atoms with van der Waals surface area (Å²) < 4.78 is 0. The summed E-state index contributed by atoms with van der Waals surface area (Å²) in [7, 11) is 0. The largest absolute Gasteiger partial charge is 0.351 e. The van der Waals surface area contributed by atoms with Crippen molar-refractivity contribution in [2.24, 2.45) is 11.7 Å². The van der Waals surface area contributed by atoms with Crippen LogP contribution in [-0.2, 0) is 0 Å². The number of piperidine rings is 1. The van der Waals surface area contributed by atoms with Crippen molar-refractivity contribution in [3.8, 4) is 0 Å². The van der Waals surface area contributed by atoms with E-state index in [1.807, 2.05) is 4.90 Å². The quantitative estimate of drug-likeness (QED) is 0.628. The second-order valence-corrected chi connectivity index (χ2v) is 4.27. The second kappa shape index (κ2) is 5.09. The van der Waals surface area contributed by atoms with E-state index in [1.165, 1.54) is 6.07 Å². The predicted octanol–water partition coefficient (Wildman–Crippen LogP) is 1.16. The summed E-state index contributed by atoms with van der Waals surface area (Å²) in [5.74, 6) is 1.02. The van der Waals surface area contributed by atoms with Crippen LogP contribution in [0.2, 0.25) is 0 Å². The van der Waals surface area contributed by atoms with Gasteiger partial charge in [-0.3, -0.25) is 10.1 Å². The molecular formula is C11H16N4O2. The number of pyridine rings is 1. The average molecular weight is 236 g/mol. The first-order valence-electron chi connectivity index (χ1n) is 5.76. The lowest BCUT2D eigenvalue weighted by Crippen LogP contribution is -2.36. The van der Waals surface area contributed by atoms with Crippen LogP contribution in [-0.4, -0.2) is 29.5 Å². The molecule has 0 amide bonds. The van der Waals surface area contributed by atoms with Gasteiger partial charge in [-0.2, -0.15) is 0 Å². The number of aromatic nitrogens is 1. The normalized spacial score (nSPS) is 17.1. The monoisotopic (exact) mass is 236 g/mol. The molecule has 1 aromatic rings. The van der Waals surface area contributed by atoms with Crippen molar-refractivity contribution in [3.05, 3.63) is 28.4 Å². The highest BCUT2D eigenvalue weighted by molar-refractivity contribution is 5.57. The highest BCUT2D eigenvalue weighted by Crippen LogP contribution is 2.28. The van der Waals surface area contributed by atoms with Crippen molar-refractivity contribution >= 4 is 11.5 Å².